The molecular formula is C10H11F3O2S. The minimum Gasteiger partial charge on any atom is -0.390 e. The summed E-state index contributed by atoms with van der Waals surface area (Å²) in [5.74, 6) is -3.50. The van der Waals surface area contributed by atoms with E-state index < -0.39 is 35.2 Å². The molecule has 6 heteroatoms. The van der Waals surface area contributed by atoms with Gasteiger partial charge in [-0.15, -0.1) is 0 Å². The molecule has 90 valence electrons. The normalized spacial score (nSPS) is 14.9. The van der Waals surface area contributed by atoms with Crippen molar-refractivity contribution in [2.75, 3.05) is 5.75 Å². The zero-order valence-corrected chi connectivity index (χ0v) is 9.09. The van der Waals surface area contributed by atoms with Gasteiger partial charge in [0.05, 0.1) is 6.10 Å². The zero-order chi connectivity index (χ0) is 12.3. The van der Waals surface area contributed by atoms with Crippen LogP contribution in [0.1, 0.15) is 18.1 Å². The van der Waals surface area contributed by atoms with E-state index in [0.29, 0.717) is 12.1 Å². The number of aliphatic hydroxyl groups excluding tert-OH is 2. The Hall–Kier alpha value is -0.720. The van der Waals surface area contributed by atoms with Gasteiger partial charge in [-0.3, -0.25) is 0 Å². The van der Waals surface area contributed by atoms with Crippen LogP contribution in [-0.4, -0.2) is 22.1 Å². The molecule has 0 heterocycles. The van der Waals surface area contributed by atoms with E-state index in [4.69, 9.17) is 0 Å². The minimum absolute atomic E-state index is 0.0852. The number of hydrogen-bond donors (Lipinski definition) is 3. The molecule has 0 saturated carbocycles. The lowest BCUT2D eigenvalue weighted by molar-refractivity contribution is 0.0146. The summed E-state index contributed by atoms with van der Waals surface area (Å²) in [5, 5.41) is 18.9. The lowest BCUT2D eigenvalue weighted by atomic mass is 10.0. The van der Waals surface area contributed by atoms with Gasteiger partial charge in [0.1, 0.15) is 11.9 Å². The zero-order valence-electron chi connectivity index (χ0n) is 8.20. The fourth-order valence-electron chi connectivity index (χ4n) is 1.29. The first-order valence-corrected chi connectivity index (χ1v) is 5.22. The van der Waals surface area contributed by atoms with E-state index in [2.05, 4.69) is 12.6 Å². The smallest absolute Gasteiger partial charge is 0.164 e. The molecular weight excluding hydrogens is 241 g/mol. The second-order valence-corrected chi connectivity index (χ2v) is 3.76. The summed E-state index contributed by atoms with van der Waals surface area (Å²) < 4.78 is 38.8. The van der Waals surface area contributed by atoms with Gasteiger partial charge in [0.15, 0.2) is 11.6 Å². The van der Waals surface area contributed by atoms with Gasteiger partial charge in [-0.1, -0.05) is 0 Å². The average Bonchev–Trinajstić information content (AvgIpc) is 2.22. The first-order valence-electron chi connectivity index (χ1n) is 4.58. The maximum Gasteiger partial charge on any atom is 0.164 e. The van der Waals surface area contributed by atoms with Gasteiger partial charge in [0.2, 0.25) is 0 Å². The molecule has 2 N–H and O–H groups in total. The summed E-state index contributed by atoms with van der Waals surface area (Å²) in [6, 6.07) is 1.03. The van der Waals surface area contributed by atoms with Gasteiger partial charge in [-0.05, 0) is 18.2 Å². The van der Waals surface area contributed by atoms with Gasteiger partial charge in [-0.25, -0.2) is 13.2 Å². The van der Waals surface area contributed by atoms with Crippen LogP contribution in [0, 0.1) is 17.5 Å². The van der Waals surface area contributed by atoms with Crippen molar-refractivity contribution in [2.45, 2.75) is 18.6 Å². The number of benzene rings is 1. The third-order valence-electron chi connectivity index (χ3n) is 2.13. The Balaban J connectivity index is 3.03. The Morgan fingerprint density at radius 3 is 2.38 bits per heavy atom. The third kappa shape index (κ3) is 2.90. The van der Waals surface area contributed by atoms with E-state index in [1.807, 2.05) is 0 Å². The van der Waals surface area contributed by atoms with Crippen LogP contribution < -0.4 is 0 Å². The van der Waals surface area contributed by atoms with Crippen molar-refractivity contribution in [3.63, 3.8) is 0 Å². The maximum absolute atomic E-state index is 13.2. The van der Waals surface area contributed by atoms with Gasteiger partial charge in [0.25, 0.3) is 0 Å². The summed E-state index contributed by atoms with van der Waals surface area (Å²) in [4.78, 5) is 0. The SMILES string of the molecule is OC(CCS)C(O)c1cc(F)cc(F)c1F. The van der Waals surface area contributed by atoms with Crippen LogP contribution in [0.2, 0.25) is 0 Å². The van der Waals surface area contributed by atoms with Crippen LogP contribution in [-0.2, 0) is 0 Å². The van der Waals surface area contributed by atoms with E-state index in [1.165, 1.54) is 0 Å². The molecule has 0 aliphatic heterocycles. The highest BCUT2D eigenvalue weighted by Crippen LogP contribution is 2.24. The van der Waals surface area contributed by atoms with E-state index >= 15 is 0 Å². The monoisotopic (exact) mass is 252 g/mol. The molecule has 0 saturated heterocycles. The molecule has 1 aromatic carbocycles. The number of aliphatic hydroxyl groups is 2. The highest BCUT2D eigenvalue weighted by atomic mass is 32.1. The van der Waals surface area contributed by atoms with E-state index in [9.17, 15) is 23.4 Å². The molecule has 0 fully saturated rings. The van der Waals surface area contributed by atoms with Crippen molar-refractivity contribution in [3.8, 4) is 0 Å². The molecule has 2 nitrogen and oxygen atoms in total. The number of halogens is 3. The molecule has 0 aromatic heterocycles. The highest BCUT2D eigenvalue weighted by molar-refractivity contribution is 7.80. The number of thiol groups is 1. The van der Waals surface area contributed by atoms with E-state index in [-0.39, 0.29) is 12.2 Å². The lowest BCUT2D eigenvalue weighted by Crippen LogP contribution is -2.20. The predicted molar refractivity (Wildman–Crippen MR) is 55.8 cm³/mol. The van der Waals surface area contributed by atoms with Gasteiger partial charge in [0, 0.05) is 11.6 Å². The molecule has 1 rings (SSSR count). The van der Waals surface area contributed by atoms with Crippen molar-refractivity contribution in [1.29, 1.82) is 0 Å². The largest absolute Gasteiger partial charge is 0.390 e. The topological polar surface area (TPSA) is 40.5 Å². The first kappa shape index (κ1) is 13.3. The van der Waals surface area contributed by atoms with Crippen LogP contribution in [0.3, 0.4) is 0 Å². The van der Waals surface area contributed by atoms with Crippen molar-refractivity contribution in [2.24, 2.45) is 0 Å². The predicted octanol–water partition coefficient (Wildman–Crippen LogP) is 1.82. The van der Waals surface area contributed by atoms with Crippen molar-refractivity contribution in [3.05, 3.63) is 35.1 Å². The molecule has 0 amide bonds. The molecule has 0 spiro atoms. The van der Waals surface area contributed by atoms with E-state index in [1.54, 1.807) is 0 Å². The first-order chi connectivity index (χ1) is 7.47. The molecule has 2 atom stereocenters. The summed E-state index contributed by atoms with van der Waals surface area (Å²) in [5.41, 5.74) is -0.591. The van der Waals surface area contributed by atoms with Crippen LogP contribution >= 0.6 is 12.6 Å². The second kappa shape index (κ2) is 5.56. The molecule has 0 aliphatic carbocycles. The van der Waals surface area contributed by atoms with Crippen LogP contribution in [0.15, 0.2) is 12.1 Å². The van der Waals surface area contributed by atoms with Gasteiger partial charge >= 0.3 is 0 Å². The van der Waals surface area contributed by atoms with Gasteiger partial charge in [-0.2, -0.15) is 12.6 Å². The van der Waals surface area contributed by atoms with Gasteiger partial charge < -0.3 is 10.2 Å². The van der Waals surface area contributed by atoms with Crippen molar-refractivity contribution >= 4 is 12.6 Å². The van der Waals surface area contributed by atoms with Crippen LogP contribution in [0.4, 0.5) is 13.2 Å². The molecule has 0 aliphatic rings. The Morgan fingerprint density at radius 2 is 1.81 bits per heavy atom. The quantitative estimate of drug-likeness (QED) is 0.565. The molecule has 2 unspecified atom stereocenters. The fourth-order valence-corrected chi connectivity index (χ4v) is 1.55. The van der Waals surface area contributed by atoms with Crippen molar-refractivity contribution < 1.29 is 23.4 Å². The highest BCUT2D eigenvalue weighted by Gasteiger charge is 2.23. The van der Waals surface area contributed by atoms with Crippen molar-refractivity contribution in [1.82, 2.24) is 0 Å². The summed E-state index contributed by atoms with van der Waals surface area (Å²) in [6.45, 7) is 0. The fraction of sp³-hybridized carbons (Fsp3) is 0.400. The Bertz CT molecular complexity index is 373. The number of rotatable bonds is 4. The Kier molecular flexibility index (Phi) is 4.64. The molecule has 0 radical (unpaired) electrons. The van der Waals surface area contributed by atoms with E-state index in [0.717, 1.165) is 0 Å². The third-order valence-corrected chi connectivity index (χ3v) is 2.39. The maximum atomic E-state index is 13.2. The molecule has 1 aromatic rings. The number of hydrogen-bond acceptors (Lipinski definition) is 3. The lowest BCUT2D eigenvalue weighted by Gasteiger charge is -2.18. The average molecular weight is 252 g/mol. The van der Waals surface area contributed by atoms with Crippen LogP contribution in [0.5, 0.6) is 0 Å². The summed E-state index contributed by atoms with van der Waals surface area (Å²) >= 11 is 3.82. The van der Waals surface area contributed by atoms with Crippen LogP contribution in [0.25, 0.3) is 0 Å². The second-order valence-electron chi connectivity index (χ2n) is 3.32. The Morgan fingerprint density at radius 1 is 1.19 bits per heavy atom. The standard InChI is InChI=1S/C10H11F3O2S/c11-5-3-6(9(13)7(12)4-5)10(15)8(14)1-2-16/h3-4,8,10,14-16H,1-2H2. The molecule has 0 bridgehead atoms. The minimum atomic E-state index is -1.67. The summed E-state index contributed by atoms with van der Waals surface area (Å²) in [6.07, 6.45) is -2.90. The summed E-state index contributed by atoms with van der Waals surface area (Å²) in [7, 11) is 0. The Labute approximate surface area is 96.1 Å². The molecule has 16 heavy (non-hydrogen) atoms.